The largest absolute Gasteiger partial charge is 0.493 e. The summed E-state index contributed by atoms with van der Waals surface area (Å²) in [7, 11) is 1.38. The molecule has 1 N–H and O–H groups in total. The molecule has 2 amide bonds. The molecule has 0 aromatic heterocycles. The lowest BCUT2D eigenvalue weighted by Gasteiger charge is -2.15. The van der Waals surface area contributed by atoms with Crippen LogP contribution in [0, 0.1) is 0 Å². The summed E-state index contributed by atoms with van der Waals surface area (Å²) < 4.78 is 34.7. The van der Waals surface area contributed by atoms with Gasteiger partial charge < -0.3 is 19.7 Å². The van der Waals surface area contributed by atoms with E-state index in [9.17, 15) is 18.4 Å². The van der Waals surface area contributed by atoms with Crippen molar-refractivity contribution in [3.8, 4) is 11.5 Å². The Balaban J connectivity index is 1.55. The fourth-order valence-corrected chi connectivity index (χ4v) is 4.41. The summed E-state index contributed by atoms with van der Waals surface area (Å²) in [6, 6.07) is 11.9. The van der Waals surface area contributed by atoms with E-state index in [1.54, 1.807) is 24.3 Å². The normalized spacial score (nSPS) is 13.3. The number of methoxy groups -OCH3 is 1. The number of amides is 2. The van der Waals surface area contributed by atoms with Crippen LogP contribution in [0.2, 0.25) is 0 Å². The Bertz CT molecular complexity index is 936. The first kappa shape index (κ1) is 23.8. The van der Waals surface area contributed by atoms with E-state index >= 15 is 0 Å². The summed E-state index contributed by atoms with van der Waals surface area (Å²) in [6.07, 6.45) is 2.51. The van der Waals surface area contributed by atoms with Gasteiger partial charge in [-0.25, -0.2) is 0 Å². The van der Waals surface area contributed by atoms with Gasteiger partial charge in [0.1, 0.15) is 0 Å². The van der Waals surface area contributed by atoms with Crippen LogP contribution in [0.1, 0.15) is 28.8 Å². The van der Waals surface area contributed by atoms with Gasteiger partial charge in [-0.3, -0.25) is 9.59 Å². The zero-order valence-electron chi connectivity index (χ0n) is 17.8. The van der Waals surface area contributed by atoms with Crippen LogP contribution in [0.4, 0.5) is 8.78 Å². The maximum absolute atomic E-state index is 12.7. The van der Waals surface area contributed by atoms with Crippen LogP contribution in [0.15, 0.2) is 47.4 Å². The summed E-state index contributed by atoms with van der Waals surface area (Å²) in [5, 5.41) is 2.85. The van der Waals surface area contributed by atoms with Gasteiger partial charge >= 0.3 is 6.61 Å². The molecule has 0 aliphatic carbocycles. The van der Waals surface area contributed by atoms with E-state index in [-0.39, 0.29) is 23.3 Å². The average molecular weight is 465 g/mol. The maximum Gasteiger partial charge on any atom is 0.387 e. The SMILES string of the molecule is COc1ccc(CCNC(=O)c2ccccc2SCC(=O)N2CCCC2)cc1OC(F)F. The molecule has 2 aromatic rings. The van der Waals surface area contributed by atoms with Crippen molar-refractivity contribution >= 4 is 23.6 Å². The summed E-state index contributed by atoms with van der Waals surface area (Å²) in [5.74, 6) is 0.301. The second-order valence-electron chi connectivity index (χ2n) is 7.24. The van der Waals surface area contributed by atoms with Crippen molar-refractivity contribution in [3.05, 3.63) is 53.6 Å². The first-order valence-corrected chi connectivity index (χ1v) is 11.4. The van der Waals surface area contributed by atoms with Crippen molar-refractivity contribution in [2.45, 2.75) is 30.8 Å². The third-order valence-electron chi connectivity index (χ3n) is 5.08. The number of nitrogens with one attached hydrogen (secondary N) is 1. The predicted molar refractivity (Wildman–Crippen MR) is 119 cm³/mol. The van der Waals surface area contributed by atoms with Crippen LogP contribution in [0.5, 0.6) is 11.5 Å². The minimum Gasteiger partial charge on any atom is -0.493 e. The molecule has 1 fully saturated rings. The standard InChI is InChI=1S/C23H26F2N2O4S/c1-30-18-9-8-16(14-19(18)31-23(24)25)10-11-26-22(29)17-6-2-3-7-20(17)32-15-21(28)27-12-4-5-13-27/h2-3,6-9,14,23H,4-5,10-13,15H2,1H3,(H,26,29). The third kappa shape index (κ3) is 6.59. The molecule has 0 unspecified atom stereocenters. The lowest BCUT2D eigenvalue weighted by Crippen LogP contribution is -2.29. The Morgan fingerprint density at radius 3 is 2.59 bits per heavy atom. The number of rotatable bonds is 10. The lowest BCUT2D eigenvalue weighted by atomic mass is 10.1. The van der Waals surface area contributed by atoms with Crippen molar-refractivity contribution in [1.82, 2.24) is 10.2 Å². The number of thioether (sulfide) groups is 1. The molecule has 0 saturated carbocycles. The van der Waals surface area contributed by atoms with Gasteiger partial charge in [0.2, 0.25) is 5.91 Å². The highest BCUT2D eigenvalue weighted by Gasteiger charge is 2.19. The van der Waals surface area contributed by atoms with Crippen molar-refractivity contribution in [2.75, 3.05) is 32.5 Å². The number of carbonyl (C=O) groups is 2. The van der Waals surface area contributed by atoms with Gasteiger partial charge in [0.25, 0.3) is 5.91 Å². The topological polar surface area (TPSA) is 67.9 Å². The molecule has 1 heterocycles. The highest BCUT2D eigenvalue weighted by Crippen LogP contribution is 2.29. The second kappa shape index (κ2) is 11.7. The summed E-state index contributed by atoms with van der Waals surface area (Å²) in [5.41, 5.74) is 1.23. The molecular weight excluding hydrogens is 438 g/mol. The molecule has 2 aromatic carbocycles. The van der Waals surface area contributed by atoms with Crippen molar-refractivity contribution in [2.24, 2.45) is 0 Å². The highest BCUT2D eigenvalue weighted by atomic mass is 32.2. The van der Waals surface area contributed by atoms with Gasteiger partial charge in [-0.05, 0) is 49.1 Å². The van der Waals surface area contributed by atoms with E-state index < -0.39 is 6.61 Å². The molecule has 9 heteroatoms. The first-order valence-electron chi connectivity index (χ1n) is 10.4. The quantitative estimate of drug-likeness (QED) is 0.539. The number of carbonyl (C=O) groups excluding carboxylic acids is 2. The number of hydrogen-bond acceptors (Lipinski definition) is 5. The van der Waals surface area contributed by atoms with Crippen LogP contribution in [-0.4, -0.2) is 55.8 Å². The Labute approximate surface area is 190 Å². The van der Waals surface area contributed by atoms with Crippen LogP contribution < -0.4 is 14.8 Å². The van der Waals surface area contributed by atoms with Crippen LogP contribution in [-0.2, 0) is 11.2 Å². The van der Waals surface area contributed by atoms with E-state index in [2.05, 4.69) is 10.1 Å². The van der Waals surface area contributed by atoms with Gasteiger partial charge in [-0.1, -0.05) is 18.2 Å². The molecule has 1 aliphatic rings. The lowest BCUT2D eigenvalue weighted by molar-refractivity contribution is -0.127. The monoisotopic (exact) mass is 464 g/mol. The summed E-state index contributed by atoms with van der Waals surface area (Å²) >= 11 is 1.36. The van der Waals surface area contributed by atoms with E-state index in [0.29, 0.717) is 24.3 Å². The van der Waals surface area contributed by atoms with E-state index in [1.807, 2.05) is 17.0 Å². The number of nitrogens with zero attached hydrogens (tertiary/aromatic N) is 1. The molecule has 32 heavy (non-hydrogen) atoms. The van der Waals surface area contributed by atoms with Gasteiger partial charge in [-0.15, -0.1) is 11.8 Å². The molecule has 0 spiro atoms. The summed E-state index contributed by atoms with van der Waals surface area (Å²) in [6.45, 7) is -1.04. The van der Waals surface area contributed by atoms with Crippen molar-refractivity contribution < 1.29 is 27.8 Å². The van der Waals surface area contributed by atoms with Gasteiger partial charge in [-0.2, -0.15) is 8.78 Å². The second-order valence-corrected chi connectivity index (χ2v) is 8.26. The minimum atomic E-state index is -2.95. The van der Waals surface area contributed by atoms with Crippen LogP contribution >= 0.6 is 11.8 Å². The zero-order valence-corrected chi connectivity index (χ0v) is 18.6. The molecule has 1 aliphatic heterocycles. The van der Waals surface area contributed by atoms with E-state index in [1.165, 1.54) is 24.9 Å². The number of alkyl halides is 2. The molecular formula is C23H26F2N2O4S. The number of benzene rings is 2. The van der Waals surface area contributed by atoms with Gasteiger partial charge in [0.15, 0.2) is 11.5 Å². The number of hydrogen-bond donors (Lipinski definition) is 1. The smallest absolute Gasteiger partial charge is 0.387 e. The predicted octanol–water partition coefficient (Wildman–Crippen LogP) is 3.98. The Hall–Kier alpha value is -2.81. The fraction of sp³-hybridized carbons (Fsp3) is 0.391. The number of halogens is 2. The Morgan fingerprint density at radius 1 is 1.12 bits per heavy atom. The van der Waals surface area contributed by atoms with Crippen molar-refractivity contribution in [3.63, 3.8) is 0 Å². The summed E-state index contributed by atoms with van der Waals surface area (Å²) in [4.78, 5) is 27.6. The Morgan fingerprint density at radius 2 is 1.88 bits per heavy atom. The van der Waals surface area contributed by atoms with Crippen LogP contribution in [0.3, 0.4) is 0 Å². The molecule has 1 saturated heterocycles. The highest BCUT2D eigenvalue weighted by molar-refractivity contribution is 8.00. The molecule has 0 atom stereocenters. The fourth-order valence-electron chi connectivity index (χ4n) is 3.46. The minimum absolute atomic E-state index is 0.0456. The van der Waals surface area contributed by atoms with E-state index in [0.717, 1.165) is 36.4 Å². The van der Waals surface area contributed by atoms with Crippen LogP contribution in [0.25, 0.3) is 0 Å². The molecule has 0 bridgehead atoms. The molecule has 172 valence electrons. The molecule has 0 radical (unpaired) electrons. The first-order chi connectivity index (χ1) is 15.5. The third-order valence-corrected chi connectivity index (χ3v) is 6.14. The van der Waals surface area contributed by atoms with Gasteiger partial charge in [0, 0.05) is 24.5 Å². The average Bonchev–Trinajstić information content (AvgIpc) is 3.32. The number of likely N-dealkylation sites (tertiary alicyclic amines) is 1. The molecule has 6 nitrogen and oxygen atoms in total. The molecule has 3 rings (SSSR count). The van der Waals surface area contributed by atoms with E-state index in [4.69, 9.17) is 4.74 Å². The zero-order chi connectivity index (χ0) is 22.9. The maximum atomic E-state index is 12.7. The Kier molecular flexibility index (Phi) is 8.72. The van der Waals surface area contributed by atoms with Crippen molar-refractivity contribution in [1.29, 1.82) is 0 Å². The number of ether oxygens (including phenoxy) is 2. The van der Waals surface area contributed by atoms with Gasteiger partial charge in [0.05, 0.1) is 18.4 Å².